The van der Waals surface area contributed by atoms with Crippen molar-refractivity contribution in [2.24, 2.45) is 17.3 Å². The van der Waals surface area contributed by atoms with Crippen molar-refractivity contribution < 1.29 is 23.5 Å². The van der Waals surface area contributed by atoms with Crippen molar-refractivity contribution >= 4 is 17.6 Å². The monoisotopic (exact) mass is 349 g/mol. The fourth-order valence-corrected chi connectivity index (χ4v) is 4.51. The van der Waals surface area contributed by atoms with Crippen molar-refractivity contribution in [3.63, 3.8) is 0 Å². The van der Waals surface area contributed by atoms with Gasteiger partial charge in [-0.15, -0.1) is 0 Å². The van der Waals surface area contributed by atoms with Crippen LogP contribution in [0.15, 0.2) is 24.3 Å². The summed E-state index contributed by atoms with van der Waals surface area (Å²) in [5, 5.41) is 8.91. The minimum absolute atomic E-state index is 0.0770. The number of halogens is 2. The third kappa shape index (κ3) is 2.71. The second-order valence-corrected chi connectivity index (χ2v) is 7.85. The Balaban J connectivity index is 1.49. The van der Waals surface area contributed by atoms with Gasteiger partial charge in [0.25, 0.3) is 5.92 Å². The van der Waals surface area contributed by atoms with Crippen LogP contribution in [0.3, 0.4) is 0 Å². The minimum Gasteiger partial charge on any atom is -0.481 e. The third-order valence-electron chi connectivity index (χ3n) is 6.10. The summed E-state index contributed by atoms with van der Waals surface area (Å²) in [5.74, 6) is -3.76. The van der Waals surface area contributed by atoms with Crippen molar-refractivity contribution in [3.05, 3.63) is 29.8 Å². The summed E-state index contributed by atoms with van der Waals surface area (Å²) in [4.78, 5) is 25.5. The average Bonchev–Trinajstić information content (AvgIpc) is 3.13. The van der Waals surface area contributed by atoms with Crippen LogP contribution in [-0.4, -0.2) is 29.5 Å². The molecular weight excluding hydrogens is 328 g/mol. The molecule has 1 aliphatic heterocycles. The summed E-state index contributed by atoms with van der Waals surface area (Å²) < 4.78 is 26.8. The number of anilines is 1. The Labute approximate surface area is 144 Å². The lowest BCUT2D eigenvalue weighted by atomic mass is 9.70. The number of carboxylic acid groups (broad SMARTS) is 1. The number of hydrogen-bond acceptors (Lipinski definition) is 2. The standard InChI is InChI=1S/C19H21F2NO3/c20-19(21)11-18(19)8-14(9-18)17(25)22-10-12(5-6-16(23)24)7-13-3-1-2-4-15(13)22/h1-4,12,14H,5-11H2,(H,23,24). The van der Waals surface area contributed by atoms with Crippen LogP contribution < -0.4 is 4.90 Å². The number of carbonyl (C=O) groups excluding carboxylic acids is 1. The zero-order valence-electron chi connectivity index (χ0n) is 13.9. The van der Waals surface area contributed by atoms with Gasteiger partial charge in [0.2, 0.25) is 5.91 Å². The summed E-state index contributed by atoms with van der Waals surface area (Å²) in [6.07, 6.45) is 1.81. The van der Waals surface area contributed by atoms with E-state index in [2.05, 4.69) is 0 Å². The predicted molar refractivity (Wildman–Crippen MR) is 87.6 cm³/mol. The van der Waals surface area contributed by atoms with E-state index in [-0.39, 0.29) is 43.4 Å². The Kier molecular flexibility index (Phi) is 3.63. The molecule has 1 unspecified atom stereocenters. The molecule has 1 amide bonds. The summed E-state index contributed by atoms with van der Waals surface area (Å²) >= 11 is 0. The van der Waals surface area contributed by atoms with Crippen molar-refractivity contribution in [1.29, 1.82) is 0 Å². The van der Waals surface area contributed by atoms with Crippen LogP contribution in [0.2, 0.25) is 0 Å². The predicted octanol–water partition coefficient (Wildman–Crippen LogP) is 3.49. The van der Waals surface area contributed by atoms with E-state index in [4.69, 9.17) is 5.11 Å². The maximum atomic E-state index is 13.4. The van der Waals surface area contributed by atoms with Gasteiger partial charge in [0.15, 0.2) is 0 Å². The number of amides is 1. The van der Waals surface area contributed by atoms with E-state index in [1.165, 1.54) is 0 Å². The second kappa shape index (κ2) is 5.51. The first kappa shape index (κ1) is 16.5. The smallest absolute Gasteiger partial charge is 0.303 e. The highest BCUT2D eigenvalue weighted by Crippen LogP contribution is 2.73. The molecule has 1 spiro atoms. The van der Waals surface area contributed by atoms with Gasteiger partial charge < -0.3 is 10.0 Å². The molecule has 2 aliphatic carbocycles. The van der Waals surface area contributed by atoms with Crippen LogP contribution in [0.25, 0.3) is 0 Å². The van der Waals surface area contributed by atoms with E-state index in [1.54, 1.807) is 4.90 Å². The maximum Gasteiger partial charge on any atom is 0.303 e. The molecule has 1 aromatic carbocycles. The molecule has 3 aliphatic rings. The largest absolute Gasteiger partial charge is 0.481 e. The number of alkyl halides is 2. The van der Waals surface area contributed by atoms with Gasteiger partial charge in [-0.1, -0.05) is 18.2 Å². The number of carboxylic acids is 1. The number of para-hydroxylation sites is 1. The lowest BCUT2D eigenvalue weighted by Gasteiger charge is -2.41. The molecule has 1 N–H and O–H groups in total. The Morgan fingerprint density at radius 3 is 2.56 bits per heavy atom. The first-order chi connectivity index (χ1) is 11.8. The van der Waals surface area contributed by atoms with Crippen LogP contribution in [0, 0.1) is 17.3 Å². The molecule has 1 heterocycles. The van der Waals surface area contributed by atoms with Crippen LogP contribution in [0.5, 0.6) is 0 Å². The molecule has 6 heteroatoms. The van der Waals surface area contributed by atoms with Crippen molar-refractivity contribution in [3.8, 4) is 0 Å². The van der Waals surface area contributed by atoms with E-state index >= 15 is 0 Å². The first-order valence-electron chi connectivity index (χ1n) is 8.80. The van der Waals surface area contributed by atoms with Gasteiger partial charge in [0, 0.05) is 36.4 Å². The van der Waals surface area contributed by atoms with Gasteiger partial charge in [-0.2, -0.15) is 0 Å². The summed E-state index contributed by atoms with van der Waals surface area (Å²) in [5.41, 5.74) is 0.969. The van der Waals surface area contributed by atoms with E-state index in [0.29, 0.717) is 13.0 Å². The quantitative estimate of drug-likeness (QED) is 0.905. The van der Waals surface area contributed by atoms with Gasteiger partial charge >= 0.3 is 5.97 Å². The number of hydrogen-bond donors (Lipinski definition) is 1. The molecule has 25 heavy (non-hydrogen) atoms. The molecule has 4 rings (SSSR count). The van der Waals surface area contributed by atoms with Gasteiger partial charge in [0.1, 0.15) is 0 Å². The fourth-order valence-electron chi connectivity index (χ4n) is 4.51. The van der Waals surface area contributed by atoms with E-state index < -0.39 is 17.3 Å². The Morgan fingerprint density at radius 1 is 1.24 bits per heavy atom. The molecular formula is C19H21F2NO3. The SMILES string of the molecule is O=C(O)CCC1Cc2ccccc2N(C(=O)C2CC3(C2)CC3(F)F)C1. The zero-order valence-corrected chi connectivity index (χ0v) is 13.9. The Morgan fingerprint density at radius 2 is 1.92 bits per heavy atom. The molecule has 0 aromatic heterocycles. The summed E-state index contributed by atoms with van der Waals surface area (Å²) in [7, 11) is 0. The maximum absolute atomic E-state index is 13.4. The molecule has 4 nitrogen and oxygen atoms in total. The van der Waals surface area contributed by atoms with Gasteiger partial charge in [-0.25, -0.2) is 8.78 Å². The fraction of sp³-hybridized carbons (Fsp3) is 0.579. The van der Waals surface area contributed by atoms with E-state index in [1.807, 2.05) is 24.3 Å². The molecule has 2 saturated carbocycles. The number of carbonyl (C=O) groups is 2. The van der Waals surface area contributed by atoms with Gasteiger partial charge in [-0.05, 0) is 43.2 Å². The average molecular weight is 349 g/mol. The molecule has 0 radical (unpaired) electrons. The highest BCUT2D eigenvalue weighted by atomic mass is 19.3. The van der Waals surface area contributed by atoms with Crippen LogP contribution in [0.1, 0.15) is 37.7 Å². The first-order valence-corrected chi connectivity index (χ1v) is 8.80. The van der Waals surface area contributed by atoms with Crippen LogP contribution >= 0.6 is 0 Å². The molecule has 1 aromatic rings. The number of aliphatic carboxylic acids is 1. The Hall–Kier alpha value is -1.98. The Bertz CT molecular complexity index is 727. The van der Waals surface area contributed by atoms with Crippen molar-refractivity contribution in [1.82, 2.24) is 0 Å². The van der Waals surface area contributed by atoms with Crippen molar-refractivity contribution in [2.45, 2.75) is 44.4 Å². The van der Waals surface area contributed by atoms with Gasteiger partial charge in [-0.3, -0.25) is 9.59 Å². The van der Waals surface area contributed by atoms with E-state index in [0.717, 1.165) is 17.7 Å². The van der Waals surface area contributed by atoms with E-state index in [9.17, 15) is 18.4 Å². The van der Waals surface area contributed by atoms with Crippen molar-refractivity contribution in [2.75, 3.05) is 11.4 Å². The highest BCUT2D eigenvalue weighted by molar-refractivity contribution is 5.97. The molecule has 0 saturated heterocycles. The third-order valence-corrected chi connectivity index (χ3v) is 6.10. The lowest BCUT2D eigenvalue weighted by molar-refractivity contribution is -0.137. The van der Waals surface area contributed by atoms with Gasteiger partial charge in [0.05, 0.1) is 0 Å². The minimum atomic E-state index is -2.59. The molecule has 1 atom stereocenters. The topological polar surface area (TPSA) is 57.6 Å². The highest BCUT2D eigenvalue weighted by Gasteiger charge is 2.76. The normalized spacial score (nSPS) is 32.0. The lowest BCUT2D eigenvalue weighted by Crippen LogP contribution is -2.48. The number of nitrogens with zero attached hydrogens (tertiary/aromatic N) is 1. The number of benzene rings is 1. The summed E-state index contributed by atoms with van der Waals surface area (Å²) in [6, 6.07) is 7.62. The molecule has 134 valence electrons. The second-order valence-electron chi connectivity index (χ2n) is 7.85. The number of rotatable bonds is 4. The molecule has 0 bridgehead atoms. The van der Waals surface area contributed by atoms with Crippen LogP contribution in [0.4, 0.5) is 14.5 Å². The molecule has 2 fully saturated rings. The van der Waals surface area contributed by atoms with Crippen LogP contribution in [-0.2, 0) is 16.0 Å². The number of fused-ring (bicyclic) bond motifs is 1. The summed E-state index contributed by atoms with van der Waals surface area (Å²) in [6.45, 7) is 0.475. The zero-order chi connectivity index (χ0) is 17.8.